The van der Waals surface area contributed by atoms with Gasteiger partial charge in [0, 0.05) is 44.0 Å². The van der Waals surface area contributed by atoms with Crippen LogP contribution in [0.3, 0.4) is 0 Å². The Morgan fingerprint density at radius 3 is 2.70 bits per heavy atom. The molecule has 1 fully saturated rings. The van der Waals surface area contributed by atoms with Crippen molar-refractivity contribution in [1.29, 1.82) is 0 Å². The summed E-state index contributed by atoms with van der Waals surface area (Å²) in [5.74, 6) is 0.536. The maximum absolute atomic E-state index is 5.78. The van der Waals surface area contributed by atoms with Crippen LogP contribution < -0.4 is 0 Å². The molecule has 1 aromatic heterocycles. The first kappa shape index (κ1) is 16.2. The molecule has 0 spiro atoms. The minimum absolute atomic E-state index is 0.536. The highest BCUT2D eigenvalue weighted by atomic mass is 35.5. The Kier molecular flexibility index (Phi) is 6.75. The van der Waals surface area contributed by atoms with E-state index in [1.807, 2.05) is 0 Å². The van der Waals surface area contributed by atoms with E-state index >= 15 is 0 Å². The van der Waals surface area contributed by atoms with Crippen molar-refractivity contribution in [3.05, 3.63) is 16.1 Å². The third-order valence-corrected chi connectivity index (χ3v) is 5.45. The molecule has 0 bridgehead atoms. The summed E-state index contributed by atoms with van der Waals surface area (Å²) in [6, 6.07) is 0.737. The highest BCUT2D eigenvalue weighted by molar-refractivity contribution is 7.09. The minimum Gasteiger partial charge on any atom is -0.301 e. The highest BCUT2D eigenvalue weighted by Crippen LogP contribution is 2.14. The van der Waals surface area contributed by atoms with E-state index in [1.165, 1.54) is 50.6 Å². The summed E-state index contributed by atoms with van der Waals surface area (Å²) < 4.78 is 0. The molecule has 114 valence electrons. The highest BCUT2D eigenvalue weighted by Gasteiger charge is 2.19. The van der Waals surface area contributed by atoms with Gasteiger partial charge < -0.3 is 4.90 Å². The van der Waals surface area contributed by atoms with Crippen LogP contribution in [0.5, 0.6) is 0 Å². The van der Waals surface area contributed by atoms with Gasteiger partial charge in [0.15, 0.2) is 0 Å². The summed E-state index contributed by atoms with van der Waals surface area (Å²) in [4.78, 5) is 9.72. The summed E-state index contributed by atoms with van der Waals surface area (Å²) in [5, 5.41) is 3.31. The number of thiazole rings is 1. The van der Waals surface area contributed by atoms with Crippen LogP contribution in [0.1, 0.15) is 37.4 Å². The van der Waals surface area contributed by atoms with E-state index < -0.39 is 0 Å². The Balaban J connectivity index is 1.63. The Morgan fingerprint density at radius 1 is 1.35 bits per heavy atom. The van der Waals surface area contributed by atoms with Crippen molar-refractivity contribution in [3.8, 4) is 0 Å². The molecule has 3 nitrogen and oxygen atoms in total. The maximum atomic E-state index is 5.78. The number of piperazine rings is 1. The second-order valence-corrected chi connectivity index (χ2v) is 6.81. The van der Waals surface area contributed by atoms with Crippen molar-refractivity contribution in [3.63, 3.8) is 0 Å². The average molecular weight is 316 g/mol. The number of hydrogen-bond donors (Lipinski definition) is 0. The zero-order valence-corrected chi connectivity index (χ0v) is 14.2. The van der Waals surface area contributed by atoms with Crippen LogP contribution in [0.4, 0.5) is 0 Å². The number of hydrogen-bond acceptors (Lipinski definition) is 4. The maximum Gasteiger partial charge on any atom is 0.0929 e. The molecule has 1 unspecified atom stereocenters. The zero-order valence-electron chi connectivity index (χ0n) is 12.6. The van der Waals surface area contributed by atoms with Crippen molar-refractivity contribution < 1.29 is 0 Å². The summed E-state index contributed by atoms with van der Waals surface area (Å²) in [5.41, 5.74) is 1.02. The second-order valence-electron chi connectivity index (χ2n) is 5.60. The minimum atomic E-state index is 0.536. The molecule has 0 radical (unpaired) electrons. The van der Waals surface area contributed by atoms with Crippen LogP contribution in [0.2, 0.25) is 0 Å². The van der Waals surface area contributed by atoms with E-state index in [0.717, 1.165) is 18.2 Å². The number of aryl methyl sites for hydroxylation is 1. The molecule has 0 aromatic carbocycles. The topological polar surface area (TPSA) is 19.4 Å². The van der Waals surface area contributed by atoms with Crippen LogP contribution in [0.25, 0.3) is 0 Å². The van der Waals surface area contributed by atoms with Gasteiger partial charge >= 0.3 is 0 Å². The monoisotopic (exact) mass is 315 g/mol. The van der Waals surface area contributed by atoms with Gasteiger partial charge in [0.1, 0.15) is 0 Å². The lowest BCUT2D eigenvalue weighted by atomic mass is 10.2. The molecule has 0 amide bonds. The van der Waals surface area contributed by atoms with Gasteiger partial charge in [-0.2, -0.15) is 0 Å². The summed E-state index contributed by atoms with van der Waals surface area (Å²) in [6.07, 6.45) is 3.55. The quantitative estimate of drug-likeness (QED) is 0.720. The third kappa shape index (κ3) is 4.69. The lowest BCUT2D eigenvalue weighted by Crippen LogP contribution is -2.49. The molecule has 0 aliphatic carbocycles. The molecule has 1 saturated heterocycles. The molecule has 1 aliphatic rings. The molecule has 1 aliphatic heterocycles. The van der Waals surface area contributed by atoms with Gasteiger partial charge in [0.2, 0.25) is 0 Å². The number of aromatic nitrogens is 1. The number of nitrogens with zero attached hydrogens (tertiary/aromatic N) is 3. The van der Waals surface area contributed by atoms with E-state index in [1.54, 1.807) is 11.3 Å². The standard InChI is InChI=1S/C15H26ClN3S/c1-3-13(2)19-9-7-18(8-10-19)6-4-5-15-17-14(11-16)12-20-15/h12-13H,3-11H2,1-2H3. The van der Waals surface area contributed by atoms with E-state index in [0.29, 0.717) is 5.88 Å². The fraction of sp³-hybridized carbons (Fsp3) is 0.800. The number of alkyl halides is 1. The van der Waals surface area contributed by atoms with Crippen LogP contribution >= 0.6 is 22.9 Å². The fourth-order valence-electron chi connectivity index (χ4n) is 2.66. The normalized spacial score (nSPS) is 19.4. The molecular weight excluding hydrogens is 290 g/mol. The van der Waals surface area contributed by atoms with Crippen LogP contribution in [-0.4, -0.2) is 53.5 Å². The van der Waals surface area contributed by atoms with Crippen molar-refractivity contribution in [2.75, 3.05) is 32.7 Å². The van der Waals surface area contributed by atoms with E-state index in [4.69, 9.17) is 11.6 Å². The zero-order chi connectivity index (χ0) is 14.4. The number of halogens is 1. The van der Waals surface area contributed by atoms with E-state index in [2.05, 4.69) is 34.0 Å². The first-order valence-corrected chi connectivity index (χ1v) is 9.10. The van der Waals surface area contributed by atoms with Crippen LogP contribution in [0.15, 0.2) is 5.38 Å². The van der Waals surface area contributed by atoms with Crippen molar-refractivity contribution in [2.45, 2.75) is 45.0 Å². The SMILES string of the molecule is CCC(C)N1CCN(CCCc2nc(CCl)cs2)CC1. The Bertz CT molecular complexity index is 388. The summed E-state index contributed by atoms with van der Waals surface area (Å²) in [6.45, 7) is 10.7. The predicted octanol–water partition coefficient (Wildman–Crippen LogP) is 3.23. The van der Waals surface area contributed by atoms with Crippen LogP contribution in [0, 0.1) is 0 Å². The van der Waals surface area contributed by atoms with Crippen molar-refractivity contribution in [1.82, 2.24) is 14.8 Å². The molecule has 2 heterocycles. The molecule has 1 atom stereocenters. The molecule has 2 rings (SSSR count). The lowest BCUT2D eigenvalue weighted by Gasteiger charge is -2.37. The van der Waals surface area contributed by atoms with Gasteiger partial charge in [0.25, 0.3) is 0 Å². The van der Waals surface area contributed by atoms with Gasteiger partial charge in [-0.15, -0.1) is 22.9 Å². The third-order valence-electron chi connectivity index (χ3n) is 4.22. The predicted molar refractivity (Wildman–Crippen MR) is 87.8 cm³/mol. The van der Waals surface area contributed by atoms with Crippen molar-refractivity contribution in [2.24, 2.45) is 0 Å². The van der Waals surface area contributed by atoms with E-state index in [-0.39, 0.29) is 0 Å². The van der Waals surface area contributed by atoms with Gasteiger partial charge in [-0.3, -0.25) is 4.90 Å². The Labute approximate surface area is 131 Å². The Morgan fingerprint density at radius 2 is 2.10 bits per heavy atom. The average Bonchev–Trinajstić information content (AvgIpc) is 2.95. The lowest BCUT2D eigenvalue weighted by molar-refractivity contribution is 0.1000. The molecule has 0 saturated carbocycles. The Hall–Kier alpha value is -0.160. The van der Waals surface area contributed by atoms with Gasteiger partial charge in [0.05, 0.1) is 16.6 Å². The van der Waals surface area contributed by atoms with Gasteiger partial charge in [-0.05, 0) is 26.3 Å². The van der Waals surface area contributed by atoms with E-state index in [9.17, 15) is 0 Å². The summed E-state index contributed by atoms with van der Waals surface area (Å²) >= 11 is 7.52. The summed E-state index contributed by atoms with van der Waals surface area (Å²) in [7, 11) is 0. The first-order chi connectivity index (χ1) is 9.72. The van der Waals surface area contributed by atoms with Crippen LogP contribution in [-0.2, 0) is 12.3 Å². The number of rotatable bonds is 7. The van der Waals surface area contributed by atoms with Gasteiger partial charge in [-0.25, -0.2) is 4.98 Å². The molecule has 1 aromatic rings. The molecule has 5 heteroatoms. The van der Waals surface area contributed by atoms with Gasteiger partial charge in [-0.1, -0.05) is 6.92 Å². The largest absolute Gasteiger partial charge is 0.301 e. The second kappa shape index (κ2) is 8.32. The molecular formula is C15H26ClN3S. The fourth-order valence-corrected chi connectivity index (χ4v) is 3.73. The molecule has 0 N–H and O–H groups in total. The molecule has 20 heavy (non-hydrogen) atoms. The smallest absolute Gasteiger partial charge is 0.0929 e. The van der Waals surface area contributed by atoms with Crippen molar-refractivity contribution >= 4 is 22.9 Å². The first-order valence-electron chi connectivity index (χ1n) is 7.68.